The van der Waals surface area contributed by atoms with Crippen LogP contribution in [0.5, 0.6) is 0 Å². The minimum atomic E-state index is -0.697. The van der Waals surface area contributed by atoms with E-state index >= 15 is 0 Å². The third-order valence-electron chi connectivity index (χ3n) is 5.45. The lowest BCUT2D eigenvalue weighted by Crippen LogP contribution is -2.53. The van der Waals surface area contributed by atoms with Gasteiger partial charge >= 0.3 is 6.09 Å². The van der Waals surface area contributed by atoms with E-state index in [4.69, 9.17) is 10.00 Å². The topological polar surface area (TPSA) is 73.6 Å². The number of hydrogen-bond acceptors (Lipinski definition) is 4. The Hall–Kier alpha value is -2.06. The average molecular weight is 342 g/mol. The van der Waals surface area contributed by atoms with Gasteiger partial charge in [0, 0.05) is 18.5 Å². The maximum absolute atomic E-state index is 12.5. The molecule has 2 saturated heterocycles. The largest absolute Gasteiger partial charge is 0.445 e. The van der Waals surface area contributed by atoms with Gasteiger partial charge in [0.1, 0.15) is 6.61 Å². The minimum absolute atomic E-state index is 0.0722. The van der Waals surface area contributed by atoms with Crippen LogP contribution in [0.25, 0.3) is 0 Å². The number of amides is 1. The van der Waals surface area contributed by atoms with Gasteiger partial charge in [-0.2, -0.15) is 5.26 Å². The molecule has 5 nitrogen and oxygen atoms in total. The molecule has 5 heteroatoms. The fourth-order valence-electron chi connectivity index (χ4n) is 4.28. The number of aliphatic hydroxyl groups is 1. The molecule has 2 aliphatic rings. The van der Waals surface area contributed by atoms with Gasteiger partial charge in [0.15, 0.2) is 0 Å². The Balaban J connectivity index is 1.53. The molecular formula is C20H26N2O3. The highest BCUT2D eigenvalue weighted by Gasteiger charge is 2.49. The first-order chi connectivity index (χ1) is 12.1. The Morgan fingerprint density at radius 1 is 1.24 bits per heavy atom. The Kier molecular flexibility index (Phi) is 5.60. The minimum Gasteiger partial charge on any atom is -0.445 e. The normalized spacial score (nSPS) is 27.8. The smallest absolute Gasteiger partial charge is 0.410 e. The number of nitriles is 1. The van der Waals surface area contributed by atoms with Crippen LogP contribution in [0.2, 0.25) is 0 Å². The van der Waals surface area contributed by atoms with Crippen molar-refractivity contribution in [3.05, 3.63) is 35.9 Å². The quantitative estimate of drug-likeness (QED) is 0.799. The molecule has 25 heavy (non-hydrogen) atoms. The summed E-state index contributed by atoms with van der Waals surface area (Å²) in [4.78, 5) is 14.4. The Bertz CT molecular complexity index is 612. The van der Waals surface area contributed by atoms with Crippen molar-refractivity contribution < 1.29 is 14.6 Å². The average Bonchev–Trinajstić information content (AvgIpc) is 2.90. The summed E-state index contributed by atoms with van der Waals surface area (Å²) in [5, 5.41) is 19.5. The first-order valence-electron chi connectivity index (χ1n) is 9.20. The van der Waals surface area contributed by atoms with E-state index in [1.165, 1.54) is 0 Å². The number of carbonyl (C=O) groups is 1. The first kappa shape index (κ1) is 17.8. The van der Waals surface area contributed by atoms with Crippen molar-refractivity contribution in [2.24, 2.45) is 0 Å². The summed E-state index contributed by atoms with van der Waals surface area (Å²) in [6, 6.07) is 12.0. The third kappa shape index (κ3) is 4.32. The molecule has 2 aliphatic heterocycles. The van der Waals surface area contributed by atoms with E-state index in [1.807, 2.05) is 35.2 Å². The zero-order valence-corrected chi connectivity index (χ0v) is 14.6. The third-order valence-corrected chi connectivity index (χ3v) is 5.45. The molecule has 0 spiro atoms. The molecule has 0 aromatic heterocycles. The van der Waals surface area contributed by atoms with Crippen LogP contribution < -0.4 is 0 Å². The standard InChI is InChI=1S/C20H26N2O3/c21-12-6-2-5-11-20(24)13-17-9-10-18(14-20)22(17)19(23)25-15-16-7-3-1-4-8-16/h1,3-4,7-8,17-18,24H,2,5-6,9-11,13-15H2. The molecule has 0 radical (unpaired) electrons. The lowest BCUT2D eigenvalue weighted by Gasteiger charge is -2.43. The van der Waals surface area contributed by atoms with Gasteiger partial charge in [-0.3, -0.25) is 0 Å². The number of rotatable bonds is 6. The molecule has 0 aliphatic carbocycles. The second-order valence-corrected chi connectivity index (χ2v) is 7.33. The highest BCUT2D eigenvalue weighted by atomic mass is 16.6. The fourth-order valence-corrected chi connectivity index (χ4v) is 4.28. The van der Waals surface area contributed by atoms with Crippen molar-refractivity contribution in [3.8, 4) is 6.07 Å². The Morgan fingerprint density at radius 2 is 1.92 bits per heavy atom. The van der Waals surface area contributed by atoms with E-state index in [0.29, 0.717) is 25.7 Å². The molecule has 2 atom stereocenters. The number of nitrogens with zero attached hydrogens (tertiary/aromatic N) is 2. The van der Waals surface area contributed by atoms with Gasteiger partial charge in [-0.05, 0) is 50.5 Å². The number of hydrogen-bond donors (Lipinski definition) is 1. The van der Waals surface area contributed by atoms with Crippen molar-refractivity contribution in [3.63, 3.8) is 0 Å². The predicted molar refractivity (Wildman–Crippen MR) is 93.5 cm³/mol. The maximum atomic E-state index is 12.5. The molecule has 2 heterocycles. The van der Waals surface area contributed by atoms with Crippen molar-refractivity contribution in [1.29, 1.82) is 5.26 Å². The van der Waals surface area contributed by atoms with Crippen LogP contribution >= 0.6 is 0 Å². The van der Waals surface area contributed by atoms with E-state index in [1.54, 1.807) is 0 Å². The zero-order valence-electron chi connectivity index (χ0n) is 14.6. The monoisotopic (exact) mass is 342 g/mol. The second kappa shape index (κ2) is 7.88. The first-order valence-corrected chi connectivity index (χ1v) is 9.20. The van der Waals surface area contributed by atoms with E-state index in [9.17, 15) is 9.90 Å². The summed E-state index contributed by atoms with van der Waals surface area (Å²) in [6.07, 6.45) is 5.81. The second-order valence-electron chi connectivity index (χ2n) is 7.33. The molecule has 134 valence electrons. The van der Waals surface area contributed by atoms with Gasteiger partial charge in [0.2, 0.25) is 0 Å². The molecule has 0 saturated carbocycles. The van der Waals surface area contributed by atoms with Crippen LogP contribution in [-0.4, -0.2) is 33.8 Å². The molecular weight excluding hydrogens is 316 g/mol. The molecule has 2 fully saturated rings. The van der Waals surface area contributed by atoms with Crippen LogP contribution in [0.1, 0.15) is 56.9 Å². The Labute approximate surface area is 149 Å². The van der Waals surface area contributed by atoms with Gasteiger partial charge in [0.05, 0.1) is 11.7 Å². The molecule has 1 aromatic rings. The van der Waals surface area contributed by atoms with Gasteiger partial charge in [-0.1, -0.05) is 30.3 Å². The number of ether oxygens (including phenoxy) is 1. The van der Waals surface area contributed by atoms with Crippen LogP contribution in [0.3, 0.4) is 0 Å². The summed E-state index contributed by atoms with van der Waals surface area (Å²) < 4.78 is 5.50. The molecule has 2 bridgehead atoms. The summed E-state index contributed by atoms with van der Waals surface area (Å²) in [6.45, 7) is 0.286. The number of unbranched alkanes of at least 4 members (excludes halogenated alkanes) is 2. The number of benzene rings is 1. The van der Waals surface area contributed by atoms with E-state index < -0.39 is 5.60 Å². The fraction of sp³-hybridized carbons (Fsp3) is 0.600. The van der Waals surface area contributed by atoms with Gasteiger partial charge in [-0.25, -0.2) is 4.79 Å². The summed E-state index contributed by atoms with van der Waals surface area (Å²) in [7, 11) is 0. The summed E-state index contributed by atoms with van der Waals surface area (Å²) in [5.74, 6) is 0. The van der Waals surface area contributed by atoms with Gasteiger partial charge in [0.25, 0.3) is 0 Å². The Morgan fingerprint density at radius 3 is 2.56 bits per heavy atom. The lowest BCUT2D eigenvalue weighted by atomic mass is 9.82. The summed E-state index contributed by atoms with van der Waals surface area (Å²) >= 11 is 0. The molecule has 1 amide bonds. The number of fused-ring (bicyclic) bond motifs is 2. The van der Waals surface area contributed by atoms with Crippen molar-refractivity contribution in [2.45, 2.75) is 75.7 Å². The zero-order chi connectivity index (χ0) is 17.7. The van der Waals surface area contributed by atoms with Gasteiger partial charge < -0.3 is 14.7 Å². The van der Waals surface area contributed by atoms with E-state index in [0.717, 1.165) is 31.2 Å². The van der Waals surface area contributed by atoms with Crippen LogP contribution in [0.15, 0.2) is 30.3 Å². The molecule has 3 rings (SSSR count). The number of carbonyl (C=O) groups excluding carboxylic acids is 1. The van der Waals surface area contributed by atoms with Crippen molar-refractivity contribution >= 4 is 6.09 Å². The predicted octanol–water partition coefficient (Wildman–Crippen LogP) is 3.77. The molecule has 1 aromatic carbocycles. The number of piperidine rings is 1. The summed E-state index contributed by atoms with van der Waals surface area (Å²) in [5.41, 5.74) is 0.284. The van der Waals surface area contributed by atoms with Crippen LogP contribution in [0, 0.1) is 11.3 Å². The molecule has 2 unspecified atom stereocenters. The SMILES string of the molecule is N#CCCCCC1(O)CC2CCC(C1)N2C(=O)OCc1ccccc1. The van der Waals surface area contributed by atoms with Crippen molar-refractivity contribution in [2.75, 3.05) is 0 Å². The highest BCUT2D eigenvalue weighted by molar-refractivity contribution is 5.69. The van der Waals surface area contributed by atoms with E-state index in [2.05, 4.69) is 6.07 Å². The van der Waals surface area contributed by atoms with Crippen LogP contribution in [0.4, 0.5) is 4.79 Å². The maximum Gasteiger partial charge on any atom is 0.410 e. The highest BCUT2D eigenvalue weighted by Crippen LogP contribution is 2.43. The van der Waals surface area contributed by atoms with Crippen molar-refractivity contribution in [1.82, 2.24) is 4.90 Å². The molecule has 1 N–H and O–H groups in total. The van der Waals surface area contributed by atoms with Gasteiger partial charge in [-0.15, -0.1) is 0 Å². The lowest BCUT2D eigenvalue weighted by molar-refractivity contribution is -0.0552. The van der Waals surface area contributed by atoms with Crippen LogP contribution in [-0.2, 0) is 11.3 Å². The van der Waals surface area contributed by atoms with E-state index in [-0.39, 0.29) is 24.8 Å².